The molecule has 0 heterocycles. The predicted molar refractivity (Wildman–Crippen MR) is 46.1 cm³/mol. The molecule has 0 aliphatic rings. The molecule has 0 radical (unpaired) electrons. The highest BCUT2D eigenvalue weighted by atomic mass is 31.1. The van der Waals surface area contributed by atoms with Crippen molar-refractivity contribution in [3.8, 4) is 0 Å². The standard InChI is InChI=1S/C8H6F3O3P/c9-8(10,11)7-3-1-2-6(4-7)5-14-15(12)13/h1-4H,5H2/p+1. The molecule has 0 fully saturated rings. The normalized spacial score (nSPS) is 12.7. The maximum atomic E-state index is 12.2. The summed E-state index contributed by atoms with van der Waals surface area (Å²) in [6.07, 6.45) is -4.42. The van der Waals surface area contributed by atoms with E-state index in [-0.39, 0.29) is 12.2 Å². The molecule has 7 heteroatoms. The maximum Gasteiger partial charge on any atom is 0.695 e. The second kappa shape index (κ2) is 4.70. The molecule has 1 aromatic carbocycles. The fourth-order valence-electron chi connectivity index (χ4n) is 0.967. The highest BCUT2D eigenvalue weighted by Crippen LogP contribution is 2.30. The molecule has 0 aliphatic carbocycles. The van der Waals surface area contributed by atoms with Gasteiger partial charge in [-0.15, -0.1) is 9.42 Å². The van der Waals surface area contributed by atoms with Crippen molar-refractivity contribution >= 4 is 8.25 Å². The van der Waals surface area contributed by atoms with E-state index in [1.807, 2.05) is 0 Å². The summed E-state index contributed by atoms with van der Waals surface area (Å²) in [6.45, 7) is -0.324. The van der Waals surface area contributed by atoms with Crippen LogP contribution in [0.15, 0.2) is 24.3 Å². The first-order chi connectivity index (χ1) is 6.89. The van der Waals surface area contributed by atoms with Crippen molar-refractivity contribution in [2.45, 2.75) is 12.8 Å². The summed E-state index contributed by atoms with van der Waals surface area (Å²) in [5.41, 5.74) is -0.612. The minimum atomic E-state index is -4.42. The van der Waals surface area contributed by atoms with Gasteiger partial charge < -0.3 is 0 Å². The van der Waals surface area contributed by atoms with E-state index >= 15 is 0 Å². The predicted octanol–water partition coefficient (Wildman–Crippen LogP) is 2.87. The van der Waals surface area contributed by atoms with Gasteiger partial charge >= 0.3 is 14.4 Å². The monoisotopic (exact) mass is 239 g/mol. The molecule has 3 nitrogen and oxygen atoms in total. The van der Waals surface area contributed by atoms with Crippen LogP contribution in [-0.4, -0.2) is 4.89 Å². The van der Waals surface area contributed by atoms with Crippen LogP contribution in [0.1, 0.15) is 11.1 Å². The molecule has 1 aromatic rings. The van der Waals surface area contributed by atoms with Crippen LogP contribution in [0.4, 0.5) is 13.2 Å². The summed E-state index contributed by atoms with van der Waals surface area (Å²) in [6, 6.07) is 4.39. The summed E-state index contributed by atoms with van der Waals surface area (Å²) in [5, 5.41) is 0. The smallest absolute Gasteiger partial charge is 0.166 e. The molecule has 1 atom stereocenters. The minimum absolute atomic E-state index is 0.197. The Kier molecular flexibility index (Phi) is 3.79. The largest absolute Gasteiger partial charge is 0.695 e. The van der Waals surface area contributed by atoms with E-state index in [0.29, 0.717) is 0 Å². The van der Waals surface area contributed by atoms with Crippen LogP contribution in [-0.2, 0) is 21.9 Å². The van der Waals surface area contributed by atoms with Crippen LogP contribution in [0, 0.1) is 0 Å². The molecular weight excluding hydrogens is 232 g/mol. The Bertz CT molecular complexity index is 364. The molecule has 0 aliphatic heterocycles. The zero-order valence-corrected chi connectivity index (χ0v) is 8.26. The van der Waals surface area contributed by atoms with Crippen molar-refractivity contribution in [1.29, 1.82) is 0 Å². The van der Waals surface area contributed by atoms with Crippen LogP contribution in [0.3, 0.4) is 0 Å². The van der Waals surface area contributed by atoms with Gasteiger partial charge in [-0.2, -0.15) is 13.2 Å². The van der Waals surface area contributed by atoms with Gasteiger partial charge in [0.2, 0.25) is 0 Å². The third kappa shape index (κ3) is 3.95. The molecule has 1 unspecified atom stereocenters. The third-order valence-corrected chi connectivity index (χ3v) is 1.95. The van der Waals surface area contributed by atoms with E-state index in [1.165, 1.54) is 12.1 Å². The number of alkyl halides is 3. The minimum Gasteiger partial charge on any atom is -0.166 e. The Morgan fingerprint density at radius 1 is 1.40 bits per heavy atom. The molecule has 0 amide bonds. The molecule has 0 aromatic heterocycles. The summed E-state index contributed by atoms with van der Waals surface area (Å²) < 4.78 is 51.1. The lowest BCUT2D eigenvalue weighted by Gasteiger charge is -2.06. The highest BCUT2D eigenvalue weighted by molar-refractivity contribution is 7.32. The second-order valence-corrected chi connectivity index (χ2v) is 3.44. The fraction of sp³-hybridized carbons (Fsp3) is 0.250. The molecule has 1 rings (SSSR count). The Balaban J connectivity index is 2.79. The Morgan fingerprint density at radius 2 is 2.07 bits per heavy atom. The van der Waals surface area contributed by atoms with Crippen LogP contribution >= 0.6 is 8.25 Å². The van der Waals surface area contributed by atoms with Gasteiger partial charge in [0.25, 0.3) is 0 Å². The fourth-order valence-corrected chi connectivity index (χ4v) is 1.23. The van der Waals surface area contributed by atoms with Crippen LogP contribution in [0.2, 0.25) is 0 Å². The zero-order chi connectivity index (χ0) is 11.5. The SMILES string of the molecule is O=[P+](O)OCc1cccc(C(F)(F)F)c1. The quantitative estimate of drug-likeness (QED) is 0.825. The number of hydrogen-bond donors (Lipinski definition) is 1. The van der Waals surface area contributed by atoms with Crippen molar-refractivity contribution in [3.63, 3.8) is 0 Å². The van der Waals surface area contributed by atoms with Gasteiger partial charge in [-0.05, 0) is 17.7 Å². The lowest BCUT2D eigenvalue weighted by Crippen LogP contribution is -2.05. The first-order valence-electron chi connectivity index (χ1n) is 3.85. The Labute approximate surface area is 84.4 Å². The van der Waals surface area contributed by atoms with Crippen molar-refractivity contribution in [2.24, 2.45) is 0 Å². The van der Waals surface area contributed by atoms with Crippen LogP contribution in [0.5, 0.6) is 0 Å². The highest BCUT2D eigenvalue weighted by Gasteiger charge is 2.30. The Morgan fingerprint density at radius 3 is 2.60 bits per heavy atom. The Hall–Kier alpha value is -0.970. The summed E-state index contributed by atoms with van der Waals surface area (Å²) in [7, 11) is -2.79. The van der Waals surface area contributed by atoms with Gasteiger partial charge in [-0.25, -0.2) is 0 Å². The van der Waals surface area contributed by atoms with E-state index in [1.54, 1.807) is 0 Å². The average molecular weight is 239 g/mol. The van der Waals surface area contributed by atoms with Crippen molar-refractivity contribution in [3.05, 3.63) is 35.4 Å². The number of rotatable bonds is 3. The van der Waals surface area contributed by atoms with Crippen molar-refractivity contribution < 1.29 is 27.2 Å². The lowest BCUT2D eigenvalue weighted by atomic mass is 10.1. The van der Waals surface area contributed by atoms with Crippen LogP contribution < -0.4 is 0 Å². The van der Waals surface area contributed by atoms with Crippen molar-refractivity contribution in [2.75, 3.05) is 0 Å². The van der Waals surface area contributed by atoms with Crippen LogP contribution in [0.25, 0.3) is 0 Å². The van der Waals surface area contributed by atoms with E-state index in [2.05, 4.69) is 4.52 Å². The van der Waals surface area contributed by atoms with Gasteiger partial charge in [0.1, 0.15) is 6.61 Å². The summed E-state index contributed by atoms with van der Waals surface area (Å²) in [5.74, 6) is 0. The molecule has 1 N–H and O–H groups in total. The van der Waals surface area contributed by atoms with Gasteiger partial charge in [0, 0.05) is 4.57 Å². The molecule has 0 bridgehead atoms. The first kappa shape index (κ1) is 12.1. The maximum absolute atomic E-state index is 12.2. The average Bonchev–Trinajstić information content (AvgIpc) is 2.14. The van der Waals surface area contributed by atoms with E-state index in [0.717, 1.165) is 12.1 Å². The summed E-state index contributed by atoms with van der Waals surface area (Å²) in [4.78, 5) is 8.31. The number of benzene rings is 1. The van der Waals surface area contributed by atoms with Gasteiger partial charge in [0.15, 0.2) is 0 Å². The van der Waals surface area contributed by atoms with E-state index in [4.69, 9.17) is 4.89 Å². The third-order valence-electron chi connectivity index (χ3n) is 1.60. The second-order valence-electron chi connectivity index (χ2n) is 2.71. The molecule has 0 saturated heterocycles. The topological polar surface area (TPSA) is 46.5 Å². The molecule has 15 heavy (non-hydrogen) atoms. The van der Waals surface area contributed by atoms with E-state index < -0.39 is 20.0 Å². The van der Waals surface area contributed by atoms with Gasteiger partial charge in [-0.3, -0.25) is 0 Å². The lowest BCUT2D eigenvalue weighted by molar-refractivity contribution is -0.137. The molecule has 0 spiro atoms. The summed E-state index contributed by atoms with van der Waals surface area (Å²) >= 11 is 0. The van der Waals surface area contributed by atoms with Gasteiger partial charge in [-0.1, -0.05) is 12.1 Å². The first-order valence-corrected chi connectivity index (χ1v) is 4.98. The molecular formula is C8H7F3O3P+. The van der Waals surface area contributed by atoms with Gasteiger partial charge in [0.05, 0.1) is 5.56 Å². The number of hydrogen-bond acceptors (Lipinski definition) is 2. The van der Waals surface area contributed by atoms with E-state index in [9.17, 15) is 17.7 Å². The number of halogens is 3. The molecule has 0 saturated carbocycles. The molecule has 82 valence electrons. The zero-order valence-electron chi connectivity index (χ0n) is 7.36. The van der Waals surface area contributed by atoms with Crippen molar-refractivity contribution in [1.82, 2.24) is 0 Å².